The van der Waals surface area contributed by atoms with Crippen molar-refractivity contribution in [1.29, 1.82) is 0 Å². The lowest BCUT2D eigenvalue weighted by Gasteiger charge is -2.13. The summed E-state index contributed by atoms with van der Waals surface area (Å²) in [7, 11) is 0. The minimum atomic E-state index is 0.912. The minimum absolute atomic E-state index is 0.912. The summed E-state index contributed by atoms with van der Waals surface area (Å²) in [5.41, 5.74) is 6.49. The van der Waals surface area contributed by atoms with Crippen molar-refractivity contribution in [3.8, 4) is 22.3 Å². The fraction of sp³-hybridized carbons (Fsp3) is 0. The molecule has 0 amide bonds. The second-order valence-electron chi connectivity index (χ2n) is 8.66. The van der Waals surface area contributed by atoms with Crippen molar-refractivity contribution in [3.05, 3.63) is 122 Å². The van der Waals surface area contributed by atoms with Crippen LogP contribution in [0.4, 0.5) is 0 Å². The van der Waals surface area contributed by atoms with Gasteiger partial charge < -0.3 is 0 Å². The van der Waals surface area contributed by atoms with Gasteiger partial charge in [-0.25, -0.2) is 0 Å². The number of hydrogen-bond donors (Lipinski definition) is 0. The van der Waals surface area contributed by atoms with E-state index in [2.05, 4.69) is 107 Å². The van der Waals surface area contributed by atoms with E-state index in [1.165, 1.54) is 43.4 Å². The molecule has 0 bridgehead atoms. The van der Waals surface area contributed by atoms with Crippen molar-refractivity contribution in [3.63, 3.8) is 0 Å². The number of aromatic nitrogens is 2. The molecule has 0 saturated carbocycles. The number of benzene rings is 5. The number of fused-ring (bicyclic) bond motifs is 7. The molecule has 34 heavy (non-hydrogen) atoms. The Morgan fingerprint density at radius 2 is 1.03 bits per heavy atom. The molecule has 2 aromatic heterocycles. The number of hydrogen-bond acceptors (Lipinski definition) is 2. The van der Waals surface area contributed by atoms with Crippen molar-refractivity contribution in [2.45, 2.75) is 0 Å². The van der Waals surface area contributed by atoms with Gasteiger partial charge in [-0.05, 0) is 79.3 Å². The third-order valence-corrected chi connectivity index (χ3v) is 6.75. The standard InChI is InChI=1S/C32H20N2/c1-2-11-27-25(9-1)26-10-3-4-12-28(26)30-20-22(14-15-29(27)30)21-7-5-8-23(19-21)24-16-18-33-31-13-6-17-34-32(24)31/h1-20H. The Morgan fingerprint density at radius 3 is 1.79 bits per heavy atom. The molecule has 7 rings (SSSR count). The molecule has 0 N–H and O–H groups in total. The van der Waals surface area contributed by atoms with E-state index in [1.807, 2.05) is 24.5 Å². The molecule has 5 aromatic carbocycles. The van der Waals surface area contributed by atoms with Gasteiger partial charge >= 0.3 is 0 Å². The van der Waals surface area contributed by atoms with Crippen LogP contribution in [0.25, 0.3) is 65.6 Å². The second kappa shape index (κ2) is 7.50. The van der Waals surface area contributed by atoms with E-state index in [0.29, 0.717) is 0 Å². The van der Waals surface area contributed by atoms with E-state index in [-0.39, 0.29) is 0 Å². The predicted octanol–water partition coefficient (Wildman–Crippen LogP) is 8.42. The van der Waals surface area contributed by atoms with Gasteiger partial charge in [0.1, 0.15) is 0 Å². The highest BCUT2D eigenvalue weighted by Crippen LogP contribution is 2.37. The Balaban J connectivity index is 1.46. The van der Waals surface area contributed by atoms with E-state index in [9.17, 15) is 0 Å². The van der Waals surface area contributed by atoms with E-state index in [0.717, 1.165) is 22.2 Å². The Labute approximate surface area is 197 Å². The Bertz CT molecular complexity index is 1830. The summed E-state index contributed by atoms with van der Waals surface area (Å²) >= 11 is 0. The highest BCUT2D eigenvalue weighted by Gasteiger charge is 2.11. The topological polar surface area (TPSA) is 25.8 Å². The first-order chi connectivity index (χ1) is 16.9. The number of rotatable bonds is 2. The number of pyridine rings is 2. The smallest absolute Gasteiger partial charge is 0.0964 e. The minimum Gasteiger partial charge on any atom is -0.255 e. The van der Waals surface area contributed by atoms with Gasteiger partial charge in [0.25, 0.3) is 0 Å². The van der Waals surface area contributed by atoms with E-state index in [4.69, 9.17) is 0 Å². The molecular weight excluding hydrogens is 412 g/mol. The van der Waals surface area contributed by atoms with Gasteiger partial charge in [-0.2, -0.15) is 0 Å². The van der Waals surface area contributed by atoms with Gasteiger partial charge in [0, 0.05) is 18.0 Å². The maximum Gasteiger partial charge on any atom is 0.0964 e. The van der Waals surface area contributed by atoms with Crippen LogP contribution in [0.3, 0.4) is 0 Å². The van der Waals surface area contributed by atoms with Crippen LogP contribution in [0.15, 0.2) is 122 Å². The molecule has 0 atom stereocenters. The fourth-order valence-electron chi connectivity index (χ4n) is 5.17. The third-order valence-electron chi connectivity index (χ3n) is 6.75. The van der Waals surface area contributed by atoms with Crippen LogP contribution in [0.1, 0.15) is 0 Å². The molecule has 0 fully saturated rings. The van der Waals surface area contributed by atoms with Crippen LogP contribution in [0.5, 0.6) is 0 Å². The molecule has 0 radical (unpaired) electrons. The summed E-state index contributed by atoms with van der Waals surface area (Å²) < 4.78 is 0. The highest BCUT2D eigenvalue weighted by atomic mass is 14.7. The van der Waals surface area contributed by atoms with E-state index < -0.39 is 0 Å². The van der Waals surface area contributed by atoms with Crippen molar-refractivity contribution in [1.82, 2.24) is 9.97 Å². The first kappa shape index (κ1) is 19.0. The quantitative estimate of drug-likeness (QED) is 0.256. The Kier molecular flexibility index (Phi) is 4.18. The SMILES string of the molecule is c1cc(-c2ccc3c4ccccc4c4ccccc4c3c2)cc(-c2ccnc3cccnc23)c1. The molecule has 0 aliphatic heterocycles. The zero-order valence-electron chi connectivity index (χ0n) is 18.4. The first-order valence-electron chi connectivity index (χ1n) is 11.5. The maximum absolute atomic E-state index is 4.60. The van der Waals surface area contributed by atoms with Gasteiger partial charge in [0.2, 0.25) is 0 Å². The lowest BCUT2D eigenvalue weighted by Crippen LogP contribution is -1.88. The lowest BCUT2D eigenvalue weighted by molar-refractivity contribution is 1.34. The number of nitrogens with zero attached hydrogens (tertiary/aromatic N) is 2. The van der Waals surface area contributed by atoms with Gasteiger partial charge in [-0.15, -0.1) is 0 Å². The monoisotopic (exact) mass is 432 g/mol. The van der Waals surface area contributed by atoms with E-state index in [1.54, 1.807) is 0 Å². The van der Waals surface area contributed by atoms with Crippen LogP contribution in [0.2, 0.25) is 0 Å². The summed E-state index contributed by atoms with van der Waals surface area (Å²) in [4.78, 5) is 9.07. The molecule has 0 unspecified atom stereocenters. The molecular formula is C32H20N2. The van der Waals surface area contributed by atoms with Crippen molar-refractivity contribution >= 4 is 43.4 Å². The molecule has 0 aliphatic rings. The van der Waals surface area contributed by atoms with Crippen LogP contribution in [0, 0.1) is 0 Å². The van der Waals surface area contributed by atoms with Crippen LogP contribution >= 0.6 is 0 Å². The average molecular weight is 433 g/mol. The normalized spacial score (nSPS) is 11.5. The molecule has 0 aliphatic carbocycles. The van der Waals surface area contributed by atoms with Gasteiger partial charge in [0.05, 0.1) is 11.0 Å². The summed E-state index contributed by atoms with van der Waals surface area (Å²) in [6.07, 6.45) is 3.69. The van der Waals surface area contributed by atoms with Crippen molar-refractivity contribution in [2.75, 3.05) is 0 Å². The van der Waals surface area contributed by atoms with Gasteiger partial charge in [-0.3, -0.25) is 9.97 Å². The summed E-state index contributed by atoms with van der Waals surface area (Å²) in [6, 6.07) is 39.0. The third kappa shape index (κ3) is 2.89. The summed E-state index contributed by atoms with van der Waals surface area (Å²) in [5, 5.41) is 7.76. The zero-order valence-corrected chi connectivity index (χ0v) is 18.4. The molecule has 0 spiro atoms. The maximum atomic E-state index is 4.60. The van der Waals surface area contributed by atoms with Crippen LogP contribution in [-0.2, 0) is 0 Å². The predicted molar refractivity (Wildman–Crippen MR) is 143 cm³/mol. The fourth-order valence-corrected chi connectivity index (χ4v) is 5.17. The Hall–Kier alpha value is -4.56. The highest BCUT2D eigenvalue weighted by molar-refractivity contribution is 6.25. The van der Waals surface area contributed by atoms with Crippen molar-refractivity contribution in [2.24, 2.45) is 0 Å². The largest absolute Gasteiger partial charge is 0.255 e. The lowest BCUT2D eigenvalue weighted by atomic mass is 9.91. The first-order valence-corrected chi connectivity index (χ1v) is 11.5. The second-order valence-corrected chi connectivity index (χ2v) is 8.66. The van der Waals surface area contributed by atoms with Crippen LogP contribution < -0.4 is 0 Å². The molecule has 0 saturated heterocycles. The zero-order chi connectivity index (χ0) is 22.5. The molecule has 2 heteroatoms. The van der Waals surface area contributed by atoms with Crippen LogP contribution in [-0.4, -0.2) is 9.97 Å². The van der Waals surface area contributed by atoms with E-state index >= 15 is 0 Å². The molecule has 158 valence electrons. The van der Waals surface area contributed by atoms with Gasteiger partial charge in [0.15, 0.2) is 0 Å². The molecule has 2 nitrogen and oxygen atoms in total. The molecule has 7 aromatic rings. The van der Waals surface area contributed by atoms with Gasteiger partial charge in [-0.1, -0.05) is 78.9 Å². The summed E-state index contributed by atoms with van der Waals surface area (Å²) in [6.45, 7) is 0. The average Bonchev–Trinajstić information content (AvgIpc) is 2.93. The molecule has 2 heterocycles. The summed E-state index contributed by atoms with van der Waals surface area (Å²) in [5.74, 6) is 0. The van der Waals surface area contributed by atoms with Crippen molar-refractivity contribution < 1.29 is 0 Å². The Morgan fingerprint density at radius 1 is 0.382 bits per heavy atom.